The highest BCUT2D eigenvalue weighted by Crippen LogP contribution is 2.30. The lowest BCUT2D eigenvalue weighted by Gasteiger charge is -2.38. The highest BCUT2D eigenvalue weighted by Gasteiger charge is 2.27. The first-order valence-electron chi connectivity index (χ1n) is 6.29. The zero-order valence-electron chi connectivity index (χ0n) is 11.3. The molecular formula is C13H22BrN3. The SMILES string of the molecule is Cc1nn(C)c(CN2CCCC(C)(C)C2)c1Br. The molecule has 1 aromatic rings. The monoisotopic (exact) mass is 299 g/mol. The van der Waals surface area contributed by atoms with Crippen LogP contribution < -0.4 is 0 Å². The number of hydrogen-bond acceptors (Lipinski definition) is 2. The molecule has 0 aliphatic carbocycles. The summed E-state index contributed by atoms with van der Waals surface area (Å²) in [5.74, 6) is 0. The molecule has 0 spiro atoms. The minimum atomic E-state index is 0.457. The molecule has 0 radical (unpaired) electrons. The van der Waals surface area contributed by atoms with Crippen LogP contribution in [0, 0.1) is 12.3 Å². The van der Waals surface area contributed by atoms with E-state index in [1.54, 1.807) is 0 Å². The van der Waals surface area contributed by atoms with Gasteiger partial charge in [-0.15, -0.1) is 0 Å². The lowest BCUT2D eigenvalue weighted by atomic mass is 9.84. The molecule has 96 valence electrons. The second kappa shape index (κ2) is 4.73. The Morgan fingerprint density at radius 2 is 2.12 bits per heavy atom. The van der Waals surface area contributed by atoms with Crippen molar-refractivity contribution in [3.63, 3.8) is 0 Å². The van der Waals surface area contributed by atoms with E-state index in [0.717, 1.165) is 12.2 Å². The average Bonchev–Trinajstić information content (AvgIpc) is 2.44. The van der Waals surface area contributed by atoms with Crippen molar-refractivity contribution in [2.75, 3.05) is 13.1 Å². The lowest BCUT2D eigenvalue weighted by molar-refractivity contribution is 0.109. The van der Waals surface area contributed by atoms with E-state index in [0.29, 0.717) is 5.41 Å². The van der Waals surface area contributed by atoms with E-state index in [4.69, 9.17) is 0 Å². The fraction of sp³-hybridized carbons (Fsp3) is 0.769. The van der Waals surface area contributed by atoms with E-state index in [-0.39, 0.29) is 0 Å². The predicted octanol–water partition coefficient (Wildman–Crippen LogP) is 3.11. The molecule has 1 aliphatic rings. The molecule has 1 fully saturated rings. The van der Waals surface area contributed by atoms with Gasteiger partial charge in [0.1, 0.15) is 0 Å². The van der Waals surface area contributed by atoms with Crippen molar-refractivity contribution in [1.29, 1.82) is 0 Å². The summed E-state index contributed by atoms with van der Waals surface area (Å²) in [5, 5.41) is 4.46. The molecule has 4 heteroatoms. The molecule has 0 unspecified atom stereocenters. The minimum Gasteiger partial charge on any atom is -0.297 e. The highest BCUT2D eigenvalue weighted by atomic mass is 79.9. The Labute approximate surface area is 112 Å². The van der Waals surface area contributed by atoms with Gasteiger partial charge in [-0.1, -0.05) is 13.8 Å². The maximum Gasteiger partial charge on any atom is 0.0739 e. The summed E-state index contributed by atoms with van der Waals surface area (Å²) in [7, 11) is 2.03. The van der Waals surface area contributed by atoms with E-state index in [9.17, 15) is 0 Å². The Balaban J connectivity index is 2.10. The van der Waals surface area contributed by atoms with E-state index in [1.165, 1.54) is 36.1 Å². The topological polar surface area (TPSA) is 21.1 Å². The van der Waals surface area contributed by atoms with Crippen LogP contribution >= 0.6 is 15.9 Å². The molecule has 2 heterocycles. The Morgan fingerprint density at radius 3 is 2.65 bits per heavy atom. The Kier molecular flexibility index (Phi) is 3.64. The molecule has 0 saturated carbocycles. The van der Waals surface area contributed by atoms with E-state index >= 15 is 0 Å². The van der Waals surface area contributed by atoms with Crippen molar-refractivity contribution < 1.29 is 0 Å². The van der Waals surface area contributed by atoms with Gasteiger partial charge in [0.15, 0.2) is 0 Å². The average molecular weight is 300 g/mol. The summed E-state index contributed by atoms with van der Waals surface area (Å²) >= 11 is 3.65. The maximum atomic E-state index is 4.46. The summed E-state index contributed by atoms with van der Waals surface area (Å²) in [5.41, 5.74) is 2.83. The number of piperidine rings is 1. The van der Waals surface area contributed by atoms with Crippen LogP contribution in [0.4, 0.5) is 0 Å². The summed E-state index contributed by atoms with van der Waals surface area (Å²) in [6.45, 7) is 10.2. The van der Waals surface area contributed by atoms with Gasteiger partial charge in [0, 0.05) is 20.1 Å². The van der Waals surface area contributed by atoms with E-state index in [2.05, 4.69) is 39.8 Å². The predicted molar refractivity (Wildman–Crippen MR) is 73.9 cm³/mol. The highest BCUT2D eigenvalue weighted by molar-refractivity contribution is 9.10. The van der Waals surface area contributed by atoms with Gasteiger partial charge in [-0.2, -0.15) is 5.10 Å². The second-order valence-corrected chi connectivity index (χ2v) is 6.74. The molecule has 0 amide bonds. The van der Waals surface area contributed by atoms with E-state index < -0.39 is 0 Å². The first-order valence-corrected chi connectivity index (χ1v) is 7.09. The number of nitrogens with zero attached hydrogens (tertiary/aromatic N) is 3. The summed E-state index contributed by atoms with van der Waals surface area (Å²) in [6.07, 6.45) is 2.65. The first-order chi connectivity index (χ1) is 7.89. The first kappa shape index (κ1) is 13.1. The maximum absolute atomic E-state index is 4.46. The van der Waals surface area contributed by atoms with E-state index in [1.807, 2.05) is 18.7 Å². The molecule has 0 bridgehead atoms. The van der Waals surface area contributed by atoms with Crippen LogP contribution in [-0.2, 0) is 13.6 Å². The minimum absolute atomic E-state index is 0.457. The third-order valence-corrected chi connectivity index (χ3v) is 4.65. The van der Waals surface area contributed by atoms with Crippen LogP contribution in [0.25, 0.3) is 0 Å². The molecule has 0 aromatic carbocycles. The largest absolute Gasteiger partial charge is 0.297 e. The molecule has 2 rings (SSSR count). The van der Waals surface area contributed by atoms with Crippen LogP contribution in [0.2, 0.25) is 0 Å². The third kappa shape index (κ3) is 2.91. The molecule has 0 atom stereocenters. The van der Waals surface area contributed by atoms with Gasteiger partial charge in [0.25, 0.3) is 0 Å². The van der Waals surface area contributed by atoms with Crippen molar-refractivity contribution in [1.82, 2.24) is 14.7 Å². The zero-order chi connectivity index (χ0) is 12.6. The molecule has 0 N–H and O–H groups in total. The molecular weight excluding hydrogens is 278 g/mol. The smallest absolute Gasteiger partial charge is 0.0739 e. The summed E-state index contributed by atoms with van der Waals surface area (Å²) in [6, 6.07) is 0. The fourth-order valence-corrected chi connectivity index (χ4v) is 3.20. The zero-order valence-corrected chi connectivity index (χ0v) is 12.8. The van der Waals surface area contributed by atoms with Gasteiger partial charge in [0.2, 0.25) is 0 Å². The Hall–Kier alpha value is -0.350. The second-order valence-electron chi connectivity index (χ2n) is 5.95. The fourth-order valence-electron chi connectivity index (χ4n) is 2.74. The third-order valence-electron chi connectivity index (χ3n) is 3.61. The van der Waals surface area contributed by atoms with Gasteiger partial charge < -0.3 is 0 Å². The normalized spacial score (nSPS) is 20.8. The number of aromatic nitrogens is 2. The van der Waals surface area contributed by atoms with Crippen molar-refractivity contribution in [2.24, 2.45) is 12.5 Å². The van der Waals surface area contributed by atoms with Crippen LogP contribution in [0.1, 0.15) is 38.1 Å². The number of halogens is 1. The Morgan fingerprint density at radius 1 is 1.41 bits per heavy atom. The molecule has 1 saturated heterocycles. The number of aryl methyl sites for hydroxylation is 2. The lowest BCUT2D eigenvalue weighted by Crippen LogP contribution is -2.39. The number of hydrogen-bond donors (Lipinski definition) is 0. The molecule has 1 aromatic heterocycles. The van der Waals surface area contributed by atoms with Gasteiger partial charge in [0.05, 0.1) is 15.9 Å². The van der Waals surface area contributed by atoms with Gasteiger partial charge >= 0.3 is 0 Å². The van der Waals surface area contributed by atoms with Crippen molar-refractivity contribution in [3.05, 3.63) is 15.9 Å². The van der Waals surface area contributed by atoms with Crippen LogP contribution in [-0.4, -0.2) is 27.8 Å². The quantitative estimate of drug-likeness (QED) is 0.837. The van der Waals surface area contributed by atoms with Crippen molar-refractivity contribution in [3.8, 4) is 0 Å². The van der Waals surface area contributed by atoms with Crippen molar-refractivity contribution >= 4 is 15.9 Å². The van der Waals surface area contributed by atoms with Crippen LogP contribution in [0.15, 0.2) is 4.47 Å². The van der Waals surface area contributed by atoms with Gasteiger partial charge in [-0.05, 0) is 47.7 Å². The number of likely N-dealkylation sites (tertiary alicyclic amines) is 1. The van der Waals surface area contributed by atoms with Gasteiger partial charge in [-0.25, -0.2) is 0 Å². The summed E-state index contributed by atoms with van der Waals surface area (Å²) in [4.78, 5) is 2.55. The van der Waals surface area contributed by atoms with Gasteiger partial charge in [-0.3, -0.25) is 9.58 Å². The van der Waals surface area contributed by atoms with Crippen LogP contribution in [0.5, 0.6) is 0 Å². The molecule has 3 nitrogen and oxygen atoms in total. The van der Waals surface area contributed by atoms with Crippen molar-refractivity contribution in [2.45, 2.75) is 40.2 Å². The Bertz CT molecular complexity index is 409. The number of rotatable bonds is 2. The molecule has 1 aliphatic heterocycles. The summed E-state index contributed by atoms with van der Waals surface area (Å²) < 4.78 is 3.17. The molecule has 17 heavy (non-hydrogen) atoms. The van der Waals surface area contributed by atoms with Crippen LogP contribution in [0.3, 0.4) is 0 Å². The standard InChI is InChI=1S/C13H22BrN3/c1-10-12(14)11(16(4)15-10)8-17-7-5-6-13(2,3)9-17/h5-9H2,1-4H3.